The van der Waals surface area contributed by atoms with Gasteiger partial charge in [0.05, 0.1) is 12.1 Å². The second-order valence-corrected chi connectivity index (χ2v) is 8.85. The number of benzene rings is 2. The van der Waals surface area contributed by atoms with Crippen LogP contribution in [0.15, 0.2) is 66.9 Å². The van der Waals surface area contributed by atoms with Crippen LogP contribution >= 0.6 is 0 Å². The van der Waals surface area contributed by atoms with Crippen molar-refractivity contribution >= 4 is 16.6 Å². The van der Waals surface area contributed by atoms with Crippen LogP contribution in [0.1, 0.15) is 42.1 Å². The lowest BCUT2D eigenvalue weighted by Gasteiger charge is -2.14. The van der Waals surface area contributed by atoms with Crippen molar-refractivity contribution in [3.8, 4) is 17.0 Å². The Labute approximate surface area is 199 Å². The maximum absolute atomic E-state index is 13.5. The zero-order valence-electron chi connectivity index (χ0n) is 19.7. The van der Waals surface area contributed by atoms with E-state index in [4.69, 9.17) is 9.72 Å². The molecule has 0 spiro atoms. The van der Waals surface area contributed by atoms with Crippen LogP contribution in [0.5, 0.6) is 5.75 Å². The van der Waals surface area contributed by atoms with Crippen molar-refractivity contribution in [1.29, 1.82) is 0 Å². The lowest BCUT2D eigenvalue weighted by molar-refractivity contribution is 0.337. The van der Waals surface area contributed by atoms with E-state index in [2.05, 4.69) is 54.5 Å². The van der Waals surface area contributed by atoms with Crippen LogP contribution in [0.3, 0.4) is 0 Å². The Kier molecular flexibility index (Phi) is 6.01. The van der Waals surface area contributed by atoms with Crippen LogP contribution in [0.4, 0.5) is 4.39 Å². The third kappa shape index (κ3) is 4.26. The van der Waals surface area contributed by atoms with E-state index in [1.54, 1.807) is 12.1 Å². The molecule has 0 radical (unpaired) electrons. The van der Waals surface area contributed by atoms with Crippen LogP contribution < -0.4 is 10.1 Å². The number of pyridine rings is 2. The molecule has 5 rings (SSSR count). The number of aryl methyl sites for hydroxylation is 1. The average Bonchev–Trinajstić information content (AvgIpc) is 3.22. The molecule has 2 aromatic carbocycles. The molecule has 1 N–H and O–H groups in total. The normalized spacial score (nSPS) is 15.3. The maximum Gasteiger partial charge on any atom is 0.149 e. The summed E-state index contributed by atoms with van der Waals surface area (Å²) in [6.45, 7) is 7.70. The largest absolute Gasteiger partial charge is 0.490 e. The van der Waals surface area contributed by atoms with Gasteiger partial charge in [0.15, 0.2) is 0 Å². The molecule has 5 heteroatoms. The number of aromatic nitrogens is 2. The molecule has 172 valence electrons. The van der Waals surface area contributed by atoms with Gasteiger partial charge in [-0.3, -0.25) is 4.98 Å². The second kappa shape index (κ2) is 9.26. The first kappa shape index (κ1) is 22.1. The Morgan fingerprint density at radius 3 is 2.79 bits per heavy atom. The number of rotatable bonds is 6. The zero-order valence-corrected chi connectivity index (χ0v) is 19.7. The second-order valence-electron chi connectivity index (χ2n) is 8.85. The zero-order chi connectivity index (χ0) is 23.7. The Hall–Kier alpha value is -3.73. The Morgan fingerprint density at radius 2 is 2.00 bits per heavy atom. The lowest BCUT2D eigenvalue weighted by atomic mass is 9.99. The Bertz CT molecular complexity index is 1380. The number of fused-ring (bicyclic) bond motifs is 2. The SMILES string of the molecule is C/C=C(\NCCc1cc2c(c(-c3ccc(F)cc3)n1)OCC2C)c1cc(C)c2ncccc2c1. The van der Waals surface area contributed by atoms with E-state index in [1.807, 2.05) is 19.2 Å². The fraction of sp³-hybridized carbons (Fsp3) is 0.241. The Morgan fingerprint density at radius 1 is 1.18 bits per heavy atom. The molecular formula is C29H28FN3O. The van der Waals surface area contributed by atoms with Gasteiger partial charge < -0.3 is 10.1 Å². The molecule has 34 heavy (non-hydrogen) atoms. The highest BCUT2D eigenvalue weighted by atomic mass is 19.1. The summed E-state index contributed by atoms with van der Waals surface area (Å²) < 4.78 is 19.4. The topological polar surface area (TPSA) is 47.0 Å². The number of nitrogens with zero attached hydrogens (tertiary/aromatic N) is 2. The summed E-state index contributed by atoms with van der Waals surface area (Å²) >= 11 is 0. The first-order valence-corrected chi connectivity index (χ1v) is 11.7. The molecule has 0 bridgehead atoms. The number of nitrogens with one attached hydrogen (secondary N) is 1. The van der Waals surface area contributed by atoms with Crippen molar-refractivity contribution in [2.75, 3.05) is 13.2 Å². The molecule has 1 atom stereocenters. The van der Waals surface area contributed by atoms with Crippen molar-refractivity contribution in [2.45, 2.75) is 33.1 Å². The van der Waals surface area contributed by atoms with Crippen LogP contribution in [0.2, 0.25) is 0 Å². The highest BCUT2D eigenvalue weighted by Crippen LogP contribution is 2.41. The molecule has 0 fully saturated rings. The summed E-state index contributed by atoms with van der Waals surface area (Å²) in [5, 5.41) is 4.73. The molecule has 2 aromatic heterocycles. The van der Waals surface area contributed by atoms with Gasteiger partial charge in [0.1, 0.15) is 17.3 Å². The summed E-state index contributed by atoms with van der Waals surface area (Å²) in [6, 6.07) is 17.0. The lowest BCUT2D eigenvalue weighted by Crippen LogP contribution is -2.16. The fourth-order valence-electron chi connectivity index (χ4n) is 4.58. The van der Waals surface area contributed by atoms with Gasteiger partial charge in [0, 0.05) is 53.0 Å². The molecule has 4 nitrogen and oxygen atoms in total. The van der Waals surface area contributed by atoms with Gasteiger partial charge in [-0.1, -0.05) is 19.1 Å². The van der Waals surface area contributed by atoms with Crippen molar-refractivity contribution in [2.24, 2.45) is 0 Å². The van der Waals surface area contributed by atoms with Crippen molar-refractivity contribution in [3.05, 3.63) is 95.1 Å². The van der Waals surface area contributed by atoms with E-state index >= 15 is 0 Å². The number of allylic oxidation sites excluding steroid dienone is 1. The number of halogens is 1. The molecular weight excluding hydrogens is 425 g/mol. The van der Waals surface area contributed by atoms with E-state index in [0.29, 0.717) is 12.5 Å². The average molecular weight is 454 g/mol. The molecule has 1 unspecified atom stereocenters. The predicted octanol–water partition coefficient (Wildman–Crippen LogP) is 6.43. The van der Waals surface area contributed by atoms with Gasteiger partial charge in [-0.15, -0.1) is 0 Å². The Balaban J connectivity index is 1.37. The van der Waals surface area contributed by atoms with Crippen LogP contribution in [0.25, 0.3) is 27.9 Å². The minimum Gasteiger partial charge on any atom is -0.490 e. The monoisotopic (exact) mass is 453 g/mol. The number of ether oxygens (including phenoxy) is 1. The smallest absolute Gasteiger partial charge is 0.149 e. The molecule has 0 amide bonds. The van der Waals surface area contributed by atoms with Crippen molar-refractivity contribution in [1.82, 2.24) is 15.3 Å². The van der Waals surface area contributed by atoms with Crippen LogP contribution in [0, 0.1) is 12.7 Å². The molecule has 0 saturated carbocycles. The highest BCUT2D eigenvalue weighted by Gasteiger charge is 2.26. The quantitative estimate of drug-likeness (QED) is 0.365. The van der Waals surface area contributed by atoms with Crippen LogP contribution in [-0.4, -0.2) is 23.1 Å². The first-order valence-electron chi connectivity index (χ1n) is 11.7. The minimum absolute atomic E-state index is 0.256. The molecule has 3 heterocycles. The van der Waals surface area contributed by atoms with Gasteiger partial charge in [0.25, 0.3) is 0 Å². The molecule has 4 aromatic rings. The van der Waals surface area contributed by atoms with E-state index in [1.165, 1.54) is 17.7 Å². The molecule has 1 aliphatic heterocycles. The summed E-state index contributed by atoms with van der Waals surface area (Å²) in [7, 11) is 0. The predicted molar refractivity (Wildman–Crippen MR) is 135 cm³/mol. The minimum atomic E-state index is -0.256. The highest BCUT2D eigenvalue weighted by molar-refractivity contribution is 5.85. The van der Waals surface area contributed by atoms with Gasteiger partial charge in [-0.05, 0) is 73.5 Å². The van der Waals surface area contributed by atoms with E-state index in [-0.39, 0.29) is 5.82 Å². The summed E-state index contributed by atoms with van der Waals surface area (Å²) in [4.78, 5) is 9.42. The van der Waals surface area contributed by atoms with Gasteiger partial charge >= 0.3 is 0 Å². The number of hydrogen-bond acceptors (Lipinski definition) is 4. The van der Waals surface area contributed by atoms with E-state index < -0.39 is 0 Å². The van der Waals surface area contributed by atoms with E-state index in [9.17, 15) is 4.39 Å². The maximum atomic E-state index is 13.5. The third-order valence-electron chi connectivity index (χ3n) is 6.37. The summed E-state index contributed by atoms with van der Waals surface area (Å²) in [5.41, 5.74) is 8.27. The first-order chi connectivity index (χ1) is 16.5. The van der Waals surface area contributed by atoms with Crippen molar-refractivity contribution in [3.63, 3.8) is 0 Å². The molecule has 0 saturated heterocycles. The summed E-state index contributed by atoms with van der Waals surface area (Å²) in [5.74, 6) is 0.878. The fourth-order valence-corrected chi connectivity index (χ4v) is 4.58. The third-order valence-corrected chi connectivity index (χ3v) is 6.37. The van der Waals surface area contributed by atoms with E-state index in [0.717, 1.165) is 63.4 Å². The molecule has 0 aliphatic carbocycles. The van der Waals surface area contributed by atoms with Gasteiger partial charge in [-0.2, -0.15) is 0 Å². The standard InChI is InChI=1S/C29H28FN3O/c1-4-26(22-14-18(2)27-21(15-22)6-5-12-32-27)31-13-11-24-16-25-19(3)17-34-29(25)28(33-24)20-7-9-23(30)10-8-20/h4-10,12,14-16,19,31H,11,13,17H2,1-3H3/b26-4-. The van der Waals surface area contributed by atoms with Crippen LogP contribution in [-0.2, 0) is 6.42 Å². The van der Waals surface area contributed by atoms with Crippen molar-refractivity contribution < 1.29 is 9.13 Å². The molecule has 1 aliphatic rings. The van der Waals surface area contributed by atoms with Gasteiger partial charge in [-0.25, -0.2) is 9.37 Å². The summed E-state index contributed by atoms with van der Waals surface area (Å²) in [6.07, 6.45) is 4.70. The van der Waals surface area contributed by atoms with Gasteiger partial charge in [0.2, 0.25) is 0 Å². The number of hydrogen-bond donors (Lipinski definition) is 1.